The van der Waals surface area contributed by atoms with Crippen LogP contribution in [0.1, 0.15) is 17.4 Å². The molecule has 5 nitrogen and oxygen atoms in total. The van der Waals surface area contributed by atoms with Crippen LogP contribution in [-0.4, -0.2) is 31.8 Å². The highest BCUT2D eigenvalue weighted by molar-refractivity contribution is 5.94. The zero-order valence-corrected chi connectivity index (χ0v) is 11.1. The molecule has 0 atom stereocenters. The fourth-order valence-corrected chi connectivity index (χ4v) is 1.81. The van der Waals surface area contributed by atoms with Gasteiger partial charge in [0, 0.05) is 11.5 Å². The van der Waals surface area contributed by atoms with Gasteiger partial charge < -0.3 is 14.2 Å². The molecule has 0 saturated carbocycles. The predicted molar refractivity (Wildman–Crippen MR) is 70.8 cm³/mol. The first kappa shape index (κ1) is 13.1. The smallest absolute Gasteiger partial charge is 0.356 e. The Bertz CT molecular complexity index is 610. The third-order valence-corrected chi connectivity index (χ3v) is 2.67. The van der Waals surface area contributed by atoms with Gasteiger partial charge in [0.25, 0.3) is 0 Å². The van der Waals surface area contributed by atoms with Crippen molar-refractivity contribution in [2.75, 3.05) is 20.8 Å². The van der Waals surface area contributed by atoms with Crippen molar-refractivity contribution in [1.82, 2.24) is 4.98 Å². The zero-order valence-electron chi connectivity index (χ0n) is 11.1. The molecule has 0 saturated heterocycles. The van der Waals surface area contributed by atoms with Gasteiger partial charge in [0.15, 0.2) is 5.69 Å². The van der Waals surface area contributed by atoms with Gasteiger partial charge in [-0.25, -0.2) is 9.78 Å². The number of hydrogen-bond acceptors (Lipinski definition) is 5. The summed E-state index contributed by atoms with van der Waals surface area (Å²) in [5.74, 6) is 0.807. The molecule has 0 radical (unpaired) electrons. The molecule has 1 aromatic carbocycles. The number of carbonyl (C=O) groups is 1. The highest BCUT2D eigenvalue weighted by Gasteiger charge is 2.13. The van der Waals surface area contributed by atoms with Gasteiger partial charge in [-0.15, -0.1) is 0 Å². The summed E-state index contributed by atoms with van der Waals surface area (Å²) < 4.78 is 15.4. The predicted octanol–water partition coefficient (Wildman–Crippen LogP) is 2.43. The van der Waals surface area contributed by atoms with Gasteiger partial charge in [0.1, 0.15) is 11.5 Å². The molecule has 19 heavy (non-hydrogen) atoms. The molecule has 0 unspecified atom stereocenters. The largest absolute Gasteiger partial charge is 0.496 e. The Morgan fingerprint density at radius 2 is 2.05 bits per heavy atom. The van der Waals surface area contributed by atoms with Crippen LogP contribution in [0.15, 0.2) is 24.3 Å². The van der Waals surface area contributed by atoms with Gasteiger partial charge in [-0.3, -0.25) is 0 Å². The molecule has 2 rings (SSSR count). The van der Waals surface area contributed by atoms with Gasteiger partial charge in [-0.2, -0.15) is 0 Å². The number of fused-ring (bicyclic) bond motifs is 1. The first-order chi connectivity index (χ1) is 9.19. The molecule has 0 aliphatic heterocycles. The third kappa shape index (κ3) is 2.59. The number of esters is 1. The van der Waals surface area contributed by atoms with Gasteiger partial charge in [0.2, 0.25) is 0 Å². The average Bonchev–Trinajstić information content (AvgIpc) is 2.45. The lowest BCUT2D eigenvalue weighted by molar-refractivity contribution is 0.0594. The van der Waals surface area contributed by atoms with E-state index in [1.807, 2.05) is 13.0 Å². The molecule has 0 amide bonds. The Hall–Kier alpha value is -2.30. The minimum Gasteiger partial charge on any atom is -0.496 e. The Balaban J connectivity index is 2.59. The number of nitrogens with zero attached hydrogens (tertiary/aromatic N) is 1. The summed E-state index contributed by atoms with van der Waals surface area (Å²) >= 11 is 0. The molecule has 0 N–H and O–H groups in total. The number of rotatable bonds is 4. The molecule has 0 aliphatic rings. The molecule has 0 spiro atoms. The Labute approximate surface area is 111 Å². The summed E-state index contributed by atoms with van der Waals surface area (Å²) in [6.45, 7) is 2.50. The van der Waals surface area contributed by atoms with Crippen LogP contribution in [0.25, 0.3) is 10.9 Å². The normalized spacial score (nSPS) is 10.3. The van der Waals surface area contributed by atoms with Crippen molar-refractivity contribution in [2.24, 2.45) is 0 Å². The second-order valence-corrected chi connectivity index (χ2v) is 3.81. The van der Waals surface area contributed by atoms with E-state index in [4.69, 9.17) is 9.47 Å². The number of aromatic nitrogens is 1. The summed E-state index contributed by atoms with van der Waals surface area (Å²) in [5.41, 5.74) is 0.874. The zero-order chi connectivity index (χ0) is 13.8. The van der Waals surface area contributed by atoms with Crippen LogP contribution in [0.5, 0.6) is 11.5 Å². The molecular formula is C14H15NO4. The van der Waals surface area contributed by atoms with Crippen molar-refractivity contribution in [3.8, 4) is 11.5 Å². The number of hydrogen-bond donors (Lipinski definition) is 0. The third-order valence-electron chi connectivity index (χ3n) is 2.67. The first-order valence-corrected chi connectivity index (χ1v) is 5.89. The van der Waals surface area contributed by atoms with Crippen LogP contribution in [0, 0.1) is 0 Å². The second-order valence-electron chi connectivity index (χ2n) is 3.81. The average molecular weight is 261 g/mol. The first-order valence-electron chi connectivity index (χ1n) is 5.89. The van der Waals surface area contributed by atoms with E-state index in [-0.39, 0.29) is 5.69 Å². The van der Waals surface area contributed by atoms with Crippen LogP contribution >= 0.6 is 0 Å². The summed E-state index contributed by atoms with van der Waals surface area (Å²) in [6, 6.07) is 6.99. The Morgan fingerprint density at radius 3 is 2.68 bits per heavy atom. The molecule has 0 fully saturated rings. The molecule has 2 aromatic rings. The van der Waals surface area contributed by atoms with Crippen molar-refractivity contribution >= 4 is 16.9 Å². The monoisotopic (exact) mass is 261 g/mol. The van der Waals surface area contributed by atoms with Crippen LogP contribution in [0.2, 0.25) is 0 Å². The molecule has 100 valence electrons. The minimum atomic E-state index is -0.492. The van der Waals surface area contributed by atoms with Gasteiger partial charge >= 0.3 is 5.97 Å². The van der Waals surface area contributed by atoms with Crippen molar-refractivity contribution in [2.45, 2.75) is 6.92 Å². The second kappa shape index (κ2) is 5.56. The summed E-state index contributed by atoms with van der Waals surface area (Å²) in [5, 5.41) is 0.793. The molecule has 1 heterocycles. The van der Waals surface area contributed by atoms with Crippen molar-refractivity contribution in [1.29, 1.82) is 0 Å². The number of pyridine rings is 1. The summed E-state index contributed by atoms with van der Waals surface area (Å²) in [4.78, 5) is 15.8. The van der Waals surface area contributed by atoms with Crippen LogP contribution < -0.4 is 9.47 Å². The van der Waals surface area contributed by atoms with E-state index in [2.05, 4.69) is 9.72 Å². The Morgan fingerprint density at radius 1 is 1.26 bits per heavy atom. The summed E-state index contributed by atoms with van der Waals surface area (Å²) in [6.07, 6.45) is 0. The van der Waals surface area contributed by atoms with Crippen molar-refractivity contribution in [3.63, 3.8) is 0 Å². The molecule has 0 aliphatic carbocycles. The van der Waals surface area contributed by atoms with Gasteiger partial charge in [-0.1, -0.05) is 0 Å². The number of methoxy groups -OCH3 is 2. The van der Waals surface area contributed by atoms with Crippen LogP contribution in [0.3, 0.4) is 0 Å². The number of ether oxygens (including phenoxy) is 3. The van der Waals surface area contributed by atoms with Gasteiger partial charge in [-0.05, 0) is 25.1 Å². The van der Waals surface area contributed by atoms with Crippen molar-refractivity contribution < 1.29 is 19.0 Å². The molecular weight excluding hydrogens is 246 g/mol. The SMILES string of the molecule is CCOc1ccc2nc(C(=O)OC)cc(OC)c2c1. The standard InChI is InChI=1S/C14H15NO4/c1-4-19-9-5-6-11-10(7-9)13(17-2)8-12(15-11)14(16)18-3/h5-8H,4H2,1-3H3. The molecule has 5 heteroatoms. The summed E-state index contributed by atoms with van der Waals surface area (Å²) in [7, 11) is 2.86. The van der Waals surface area contributed by atoms with E-state index in [9.17, 15) is 4.79 Å². The number of carbonyl (C=O) groups excluding carboxylic acids is 1. The van der Waals surface area contributed by atoms with E-state index in [1.165, 1.54) is 7.11 Å². The van der Waals surface area contributed by atoms with Gasteiger partial charge in [0.05, 0.1) is 26.3 Å². The van der Waals surface area contributed by atoms with Crippen LogP contribution in [0.4, 0.5) is 0 Å². The van der Waals surface area contributed by atoms with E-state index in [1.54, 1.807) is 25.3 Å². The van der Waals surface area contributed by atoms with E-state index >= 15 is 0 Å². The van der Waals surface area contributed by atoms with E-state index in [0.29, 0.717) is 17.9 Å². The number of benzene rings is 1. The van der Waals surface area contributed by atoms with E-state index in [0.717, 1.165) is 11.1 Å². The fourth-order valence-electron chi connectivity index (χ4n) is 1.81. The highest BCUT2D eigenvalue weighted by atomic mass is 16.5. The van der Waals surface area contributed by atoms with E-state index < -0.39 is 5.97 Å². The van der Waals surface area contributed by atoms with Crippen LogP contribution in [-0.2, 0) is 4.74 Å². The lowest BCUT2D eigenvalue weighted by Gasteiger charge is -2.09. The molecule has 0 bridgehead atoms. The molecule has 1 aromatic heterocycles. The maximum atomic E-state index is 11.5. The van der Waals surface area contributed by atoms with Crippen molar-refractivity contribution in [3.05, 3.63) is 30.0 Å². The topological polar surface area (TPSA) is 57.7 Å². The maximum absolute atomic E-state index is 11.5. The maximum Gasteiger partial charge on any atom is 0.356 e. The minimum absolute atomic E-state index is 0.219. The quantitative estimate of drug-likeness (QED) is 0.791. The lowest BCUT2D eigenvalue weighted by atomic mass is 10.1. The fraction of sp³-hybridized carbons (Fsp3) is 0.286. The highest BCUT2D eigenvalue weighted by Crippen LogP contribution is 2.29. The Kier molecular flexibility index (Phi) is 3.85. The lowest BCUT2D eigenvalue weighted by Crippen LogP contribution is -2.05.